The van der Waals surface area contributed by atoms with Crippen molar-refractivity contribution in [2.24, 2.45) is 11.8 Å². The standard InChI is InChI=1S/C28H40O11/c1-5-32-24(30)18-11-7-9-13-26(18)35-15-20-21(37-26)22-28(36-20,16-34-23(29)17(3)4)39-27(38-22)14-10-8-12-19(27)25(31)33-6-2/h18-22H,3,5-16H2,1-2,4H3/t18?,19?,20-,21-,22+,26?,27?,28+/m1/s1. The van der Waals surface area contributed by atoms with E-state index in [0.717, 1.165) is 25.7 Å². The zero-order valence-corrected chi connectivity index (χ0v) is 23.1. The monoisotopic (exact) mass is 552 g/mol. The number of carbonyl (C=O) groups is 3. The summed E-state index contributed by atoms with van der Waals surface area (Å²) < 4.78 is 48.9. The number of rotatable bonds is 7. The first-order valence-corrected chi connectivity index (χ1v) is 14.2. The molecule has 218 valence electrons. The van der Waals surface area contributed by atoms with Gasteiger partial charge in [0.25, 0.3) is 0 Å². The molecule has 3 heterocycles. The summed E-state index contributed by atoms with van der Waals surface area (Å²) in [5.41, 5.74) is 0.229. The molecule has 0 N–H and O–H groups in total. The van der Waals surface area contributed by atoms with Crippen molar-refractivity contribution in [2.75, 3.05) is 26.4 Å². The summed E-state index contributed by atoms with van der Waals surface area (Å²) in [5.74, 6) is -6.67. The molecule has 8 atom stereocenters. The highest BCUT2D eigenvalue weighted by atomic mass is 16.9. The van der Waals surface area contributed by atoms with E-state index in [1.165, 1.54) is 0 Å². The van der Waals surface area contributed by atoms with Crippen LogP contribution in [0.5, 0.6) is 0 Å². The van der Waals surface area contributed by atoms with E-state index in [9.17, 15) is 14.4 Å². The minimum absolute atomic E-state index is 0.133. The molecular weight excluding hydrogens is 512 g/mol. The van der Waals surface area contributed by atoms with Gasteiger partial charge in [0.05, 0.1) is 19.8 Å². The zero-order valence-electron chi connectivity index (χ0n) is 23.1. The first kappa shape index (κ1) is 28.5. The molecule has 11 heteroatoms. The fourth-order valence-corrected chi connectivity index (χ4v) is 6.68. The highest BCUT2D eigenvalue weighted by Gasteiger charge is 2.73. The van der Waals surface area contributed by atoms with Crippen molar-refractivity contribution >= 4 is 17.9 Å². The summed E-state index contributed by atoms with van der Waals surface area (Å²) in [7, 11) is 0. The third-order valence-electron chi connectivity index (χ3n) is 8.44. The SMILES string of the molecule is C=C(C)C(=O)OC[C@@]12O[C@@H]3COC4(CCCCC4C(=O)OCC)O[C@H]3[C@@H]1OC1(CCCCC1C(=O)OCC)O2. The second-order valence-electron chi connectivity index (χ2n) is 11.1. The highest BCUT2D eigenvalue weighted by molar-refractivity contribution is 5.87. The number of esters is 3. The van der Waals surface area contributed by atoms with Crippen LogP contribution in [0.4, 0.5) is 0 Å². The molecule has 39 heavy (non-hydrogen) atoms. The Bertz CT molecular complexity index is 983. The Labute approximate surface area is 228 Å². The molecule has 4 unspecified atom stereocenters. The van der Waals surface area contributed by atoms with Gasteiger partial charge in [-0.2, -0.15) is 0 Å². The zero-order chi connectivity index (χ0) is 27.8. The van der Waals surface area contributed by atoms with Crippen molar-refractivity contribution in [1.82, 2.24) is 0 Å². The molecule has 5 rings (SSSR count). The maximum Gasteiger partial charge on any atom is 0.333 e. The summed E-state index contributed by atoms with van der Waals surface area (Å²) >= 11 is 0. The van der Waals surface area contributed by atoms with Gasteiger partial charge in [0.1, 0.15) is 36.8 Å². The Kier molecular flexibility index (Phi) is 8.09. The third-order valence-corrected chi connectivity index (χ3v) is 8.44. The lowest BCUT2D eigenvalue weighted by molar-refractivity contribution is -0.368. The number of fused-ring (bicyclic) bond motifs is 3. The van der Waals surface area contributed by atoms with Crippen molar-refractivity contribution in [3.8, 4) is 0 Å². The second kappa shape index (κ2) is 11.1. The van der Waals surface area contributed by atoms with Crippen LogP contribution in [0.1, 0.15) is 72.1 Å². The predicted molar refractivity (Wildman–Crippen MR) is 133 cm³/mol. The normalized spacial score (nSPS) is 41.1. The van der Waals surface area contributed by atoms with Gasteiger partial charge in [0, 0.05) is 18.4 Å². The van der Waals surface area contributed by atoms with E-state index in [4.69, 9.17) is 37.9 Å². The molecular formula is C28H40O11. The molecule has 0 radical (unpaired) electrons. The van der Waals surface area contributed by atoms with E-state index < -0.39 is 59.4 Å². The molecule has 11 nitrogen and oxygen atoms in total. The van der Waals surface area contributed by atoms with Crippen LogP contribution in [0.15, 0.2) is 12.2 Å². The second-order valence-corrected chi connectivity index (χ2v) is 11.1. The first-order chi connectivity index (χ1) is 18.7. The molecule has 5 fully saturated rings. The average Bonchev–Trinajstić information content (AvgIpc) is 3.37. The lowest BCUT2D eigenvalue weighted by Crippen LogP contribution is -2.60. The van der Waals surface area contributed by atoms with E-state index in [-0.39, 0.29) is 38.0 Å². The van der Waals surface area contributed by atoms with E-state index in [1.807, 2.05) is 0 Å². The Morgan fingerprint density at radius 3 is 2.08 bits per heavy atom. The van der Waals surface area contributed by atoms with Gasteiger partial charge >= 0.3 is 17.9 Å². The number of carbonyl (C=O) groups excluding carboxylic acids is 3. The van der Waals surface area contributed by atoms with Crippen LogP contribution in [0.3, 0.4) is 0 Å². The van der Waals surface area contributed by atoms with Gasteiger partial charge in [-0.25, -0.2) is 4.79 Å². The van der Waals surface area contributed by atoms with Crippen LogP contribution in [0, 0.1) is 11.8 Å². The predicted octanol–water partition coefficient (Wildman–Crippen LogP) is 2.93. The molecule has 2 saturated carbocycles. The highest BCUT2D eigenvalue weighted by Crippen LogP contribution is 2.56. The summed E-state index contributed by atoms with van der Waals surface area (Å²) in [6, 6.07) is 0. The fraction of sp³-hybridized carbons (Fsp3) is 0.821. The molecule has 0 aromatic carbocycles. The number of hydrogen-bond acceptors (Lipinski definition) is 11. The van der Waals surface area contributed by atoms with Crippen LogP contribution < -0.4 is 0 Å². The quantitative estimate of drug-likeness (QED) is 0.263. The minimum atomic E-state index is -1.54. The van der Waals surface area contributed by atoms with Crippen LogP contribution in [-0.4, -0.2) is 80.0 Å². The Morgan fingerprint density at radius 1 is 0.846 bits per heavy atom. The largest absolute Gasteiger partial charge is 0.466 e. The van der Waals surface area contributed by atoms with Crippen molar-refractivity contribution < 1.29 is 52.3 Å². The Morgan fingerprint density at radius 2 is 1.46 bits per heavy atom. The fourth-order valence-electron chi connectivity index (χ4n) is 6.68. The van der Waals surface area contributed by atoms with Gasteiger partial charge in [-0.15, -0.1) is 0 Å². The average molecular weight is 553 g/mol. The maximum atomic E-state index is 13.0. The lowest BCUT2D eigenvalue weighted by Gasteiger charge is -2.48. The summed E-state index contributed by atoms with van der Waals surface area (Å²) in [6.45, 7) is 9.07. The number of hydrogen-bond donors (Lipinski definition) is 0. The van der Waals surface area contributed by atoms with Crippen molar-refractivity contribution in [2.45, 2.75) is 108 Å². The van der Waals surface area contributed by atoms with E-state index in [1.54, 1.807) is 20.8 Å². The minimum Gasteiger partial charge on any atom is -0.466 e. The van der Waals surface area contributed by atoms with Gasteiger partial charge in [-0.1, -0.05) is 19.4 Å². The third kappa shape index (κ3) is 5.01. The summed E-state index contributed by atoms with van der Waals surface area (Å²) in [5, 5.41) is 0. The molecule has 0 aromatic rings. The van der Waals surface area contributed by atoms with Crippen molar-refractivity contribution in [3.05, 3.63) is 12.2 Å². The van der Waals surface area contributed by atoms with E-state index in [0.29, 0.717) is 25.7 Å². The molecule has 5 aliphatic rings. The van der Waals surface area contributed by atoms with Gasteiger partial charge in [0.15, 0.2) is 11.6 Å². The lowest BCUT2D eigenvalue weighted by atomic mass is 9.82. The molecule has 3 aliphatic heterocycles. The van der Waals surface area contributed by atoms with Gasteiger partial charge in [0.2, 0.25) is 5.79 Å². The Hall–Kier alpha value is -2.05. The van der Waals surface area contributed by atoms with Crippen molar-refractivity contribution in [1.29, 1.82) is 0 Å². The molecule has 0 bridgehead atoms. The molecule has 0 amide bonds. The van der Waals surface area contributed by atoms with Crippen LogP contribution in [0.25, 0.3) is 0 Å². The van der Waals surface area contributed by atoms with Gasteiger partial charge < -0.3 is 37.9 Å². The van der Waals surface area contributed by atoms with E-state index in [2.05, 4.69) is 6.58 Å². The summed E-state index contributed by atoms with van der Waals surface area (Å²) in [4.78, 5) is 38.3. The molecule has 2 aliphatic carbocycles. The molecule has 2 spiro atoms. The van der Waals surface area contributed by atoms with Crippen LogP contribution in [-0.2, 0) is 52.3 Å². The summed E-state index contributed by atoms with van der Waals surface area (Å²) in [6.07, 6.45) is 3.20. The first-order valence-electron chi connectivity index (χ1n) is 14.2. The molecule has 0 aromatic heterocycles. The topological polar surface area (TPSA) is 125 Å². The smallest absolute Gasteiger partial charge is 0.333 e. The van der Waals surface area contributed by atoms with E-state index >= 15 is 0 Å². The number of ether oxygens (including phenoxy) is 8. The van der Waals surface area contributed by atoms with Gasteiger partial charge in [-0.05, 0) is 46.5 Å². The Balaban J connectivity index is 1.47. The van der Waals surface area contributed by atoms with Crippen LogP contribution in [0.2, 0.25) is 0 Å². The van der Waals surface area contributed by atoms with Gasteiger partial charge in [-0.3, -0.25) is 9.59 Å². The van der Waals surface area contributed by atoms with Crippen LogP contribution >= 0.6 is 0 Å². The van der Waals surface area contributed by atoms with Crippen molar-refractivity contribution in [3.63, 3.8) is 0 Å². The molecule has 3 saturated heterocycles. The maximum absolute atomic E-state index is 13.0.